The quantitative estimate of drug-likeness (QED) is 0.632. The molecular weight excluding hydrogens is 404 g/mol. The molecule has 1 aliphatic heterocycles. The van der Waals surface area contributed by atoms with Crippen LogP contribution < -0.4 is 4.90 Å². The Labute approximate surface area is 190 Å². The highest BCUT2D eigenvalue weighted by Gasteiger charge is 2.52. The van der Waals surface area contributed by atoms with Gasteiger partial charge in [0.05, 0.1) is 7.06 Å². The van der Waals surface area contributed by atoms with E-state index in [0.717, 1.165) is 42.5 Å². The van der Waals surface area contributed by atoms with Crippen molar-refractivity contribution in [1.29, 1.82) is 0 Å². The fourth-order valence-electron chi connectivity index (χ4n) is 5.07. The van der Waals surface area contributed by atoms with Crippen LogP contribution in [0.5, 0.6) is 0 Å². The molecule has 0 saturated heterocycles. The van der Waals surface area contributed by atoms with Gasteiger partial charge in [-0.05, 0) is 61.8 Å². The van der Waals surface area contributed by atoms with E-state index in [1.54, 1.807) is 4.90 Å². The number of anilines is 1. The first-order valence-corrected chi connectivity index (χ1v) is 11.6. The number of carboxylic acid groups (broad SMARTS) is 1. The minimum absolute atomic E-state index is 0.0258. The van der Waals surface area contributed by atoms with E-state index in [1.807, 2.05) is 54.6 Å². The van der Waals surface area contributed by atoms with E-state index in [9.17, 15) is 11.0 Å². The van der Waals surface area contributed by atoms with E-state index in [2.05, 4.69) is 4.90 Å². The first-order valence-electron chi connectivity index (χ1n) is 12.1. The van der Waals surface area contributed by atoms with Crippen LogP contribution in [0.15, 0.2) is 54.6 Å². The molecule has 3 unspecified atom stereocenters. The predicted octanol–water partition coefficient (Wildman–Crippen LogP) is 4.99. The number of rotatable bonds is 8. The van der Waals surface area contributed by atoms with Crippen molar-refractivity contribution in [2.24, 2.45) is 5.92 Å². The predicted molar refractivity (Wildman–Crippen MR) is 121 cm³/mol. The van der Waals surface area contributed by atoms with Crippen LogP contribution in [0.25, 0.3) is 0 Å². The van der Waals surface area contributed by atoms with E-state index in [1.165, 1.54) is 0 Å². The Morgan fingerprint density at radius 1 is 1.06 bits per heavy atom. The molecule has 0 radical (unpaired) electrons. The van der Waals surface area contributed by atoms with Gasteiger partial charge in [-0.15, -0.1) is 0 Å². The highest BCUT2D eigenvalue weighted by Crippen LogP contribution is 2.54. The number of aliphatic carboxylic acids is 1. The maximum atomic E-state index is 13.3. The van der Waals surface area contributed by atoms with Gasteiger partial charge in [0.25, 0.3) is 0 Å². The van der Waals surface area contributed by atoms with Crippen molar-refractivity contribution in [2.75, 3.05) is 11.4 Å². The van der Waals surface area contributed by atoms with E-state index in [0.29, 0.717) is 19.0 Å². The summed E-state index contributed by atoms with van der Waals surface area (Å²) in [5, 5.41) is 9.12. The smallest absolute Gasteiger partial charge is 0.414 e. The maximum Gasteiger partial charge on any atom is 0.414 e. The second-order valence-corrected chi connectivity index (χ2v) is 8.99. The number of hydrogen-bond acceptors (Lipinski definition) is 4. The summed E-state index contributed by atoms with van der Waals surface area (Å²) in [5.74, 6) is -0.829. The molecule has 0 aromatic heterocycles. The fraction of sp³-hybridized carbons (Fsp3) is 0.462. The molecule has 0 spiro atoms. The van der Waals surface area contributed by atoms with Gasteiger partial charge in [0, 0.05) is 24.5 Å². The summed E-state index contributed by atoms with van der Waals surface area (Å²) >= 11 is 0. The molecule has 5 rings (SSSR count). The number of carbonyl (C=O) groups excluding carboxylic acids is 1. The zero-order valence-electron chi connectivity index (χ0n) is 19.2. The number of para-hydroxylation sites is 1. The van der Waals surface area contributed by atoms with Crippen molar-refractivity contribution in [1.82, 2.24) is 4.90 Å². The lowest BCUT2D eigenvalue weighted by atomic mass is 9.68. The first-order chi connectivity index (χ1) is 16.0. The van der Waals surface area contributed by atoms with Gasteiger partial charge in [-0.3, -0.25) is 14.6 Å². The Bertz CT molecular complexity index is 1030. The summed E-state index contributed by atoms with van der Waals surface area (Å²) in [6, 6.07) is 16.6. The number of amides is 1. The van der Waals surface area contributed by atoms with Crippen LogP contribution in [0, 0.1) is 5.92 Å². The second-order valence-electron chi connectivity index (χ2n) is 8.99. The van der Waals surface area contributed by atoms with Crippen LogP contribution in [0.3, 0.4) is 0 Å². The van der Waals surface area contributed by atoms with Crippen molar-refractivity contribution >= 4 is 17.7 Å². The summed E-state index contributed by atoms with van der Waals surface area (Å²) in [5.41, 5.74) is 2.51. The van der Waals surface area contributed by atoms with Crippen molar-refractivity contribution in [2.45, 2.75) is 63.2 Å². The fourth-order valence-corrected chi connectivity index (χ4v) is 5.07. The molecule has 0 bridgehead atoms. The molecule has 32 heavy (non-hydrogen) atoms. The average molecular weight is 436 g/mol. The number of fused-ring (bicyclic) bond motifs is 2. The lowest BCUT2D eigenvalue weighted by Crippen LogP contribution is -2.58. The zero-order chi connectivity index (χ0) is 23.0. The molecular formula is C26H30N2O4. The van der Waals surface area contributed by atoms with Gasteiger partial charge in [-0.1, -0.05) is 48.5 Å². The largest absolute Gasteiger partial charge is 0.481 e. The number of hydrogen-bond donors (Lipinski definition) is 1. The zero-order valence-corrected chi connectivity index (χ0v) is 18.2. The molecule has 2 fully saturated rings. The molecule has 3 atom stereocenters. The number of carbonyl (C=O) groups is 2. The molecule has 1 amide bonds. The summed E-state index contributed by atoms with van der Waals surface area (Å²) in [6.45, 7) is 0.793. The topological polar surface area (TPSA) is 70.1 Å². The monoisotopic (exact) mass is 435 g/mol. The maximum absolute atomic E-state index is 13.3. The molecule has 1 heterocycles. The van der Waals surface area contributed by atoms with Crippen molar-refractivity contribution in [3.8, 4) is 0 Å². The van der Waals surface area contributed by atoms with E-state index >= 15 is 0 Å². The third-order valence-corrected chi connectivity index (χ3v) is 6.85. The molecule has 2 aromatic rings. The van der Waals surface area contributed by atoms with Gasteiger partial charge in [0.1, 0.15) is 6.61 Å². The Morgan fingerprint density at radius 2 is 1.81 bits per heavy atom. The minimum atomic E-state index is -0.963. The van der Waals surface area contributed by atoms with Crippen LogP contribution in [0.1, 0.15) is 57.0 Å². The van der Waals surface area contributed by atoms with E-state index in [-0.39, 0.29) is 31.1 Å². The summed E-state index contributed by atoms with van der Waals surface area (Å²) in [7, 11) is 0. The first kappa shape index (κ1) is 19.8. The van der Waals surface area contributed by atoms with Crippen LogP contribution >= 0.6 is 0 Å². The van der Waals surface area contributed by atoms with Gasteiger partial charge >= 0.3 is 12.1 Å². The Kier molecular flexibility index (Phi) is 5.53. The van der Waals surface area contributed by atoms with Crippen molar-refractivity contribution in [3.05, 3.63) is 65.7 Å². The normalized spacial score (nSPS) is 26.5. The van der Waals surface area contributed by atoms with Gasteiger partial charge in [-0.2, -0.15) is 0 Å². The lowest BCUT2D eigenvalue weighted by Gasteiger charge is -2.55. The SMILES string of the molecule is [2H]C1(N(CCCC(=O)O)C2CC2)c2ccccc2N(C(=O)OCc2ccccc2)C2CCC21. The Balaban J connectivity index is 1.44. The molecule has 1 N–H and O–H groups in total. The number of benzene rings is 2. The second kappa shape index (κ2) is 8.94. The number of nitrogens with zero attached hydrogens (tertiary/aromatic N) is 2. The Morgan fingerprint density at radius 3 is 2.50 bits per heavy atom. The van der Waals surface area contributed by atoms with Gasteiger partial charge < -0.3 is 9.84 Å². The highest BCUT2D eigenvalue weighted by molar-refractivity contribution is 5.90. The molecule has 2 aromatic carbocycles. The Hall–Kier alpha value is -2.86. The van der Waals surface area contributed by atoms with Gasteiger partial charge in [-0.25, -0.2) is 4.79 Å². The summed E-state index contributed by atoms with van der Waals surface area (Å²) in [6.07, 6.45) is 4.04. The molecule has 3 aliphatic rings. The third kappa shape index (κ3) is 4.11. The van der Waals surface area contributed by atoms with E-state index in [4.69, 9.17) is 9.84 Å². The van der Waals surface area contributed by atoms with Crippen LogP contribution in [0.4, 0.5) is 10.5 Å². The minimum Gasteiger partial charge on any atom is -0.481 e. The van der Waals surface area contributed by atoms with Gasteiger partial charge in [0.2, 0.25) is 0 Å². The molecule has 6 heteroatoms. The summed E-state index contributed by atoms with van der Waals surface area (Å²) in [4.78, 5) is 28.4. The lowest BCUT2D eigenvalue weighted by molar-refractivity contribution is -0.137. The highest BCUT2D eigenvalue weighted by atomic mass is 16.6. The molecule has 2 saturated carbocycles. The van der Waals surface area contributed by atoms with Crippen molar-refractivity contribution < 1.29 is 20.8 Å². The average Bonchev–Trinajstić information content (AvgIpc) is 3.62. The van der Waals surface area contributed by atoms with Crippen LogP contribution in [-0.2, 0) is 16.1 Å². The third-order valence-electron chi connectivity index (χ3n) is 6.85. The standard InChI is InChI=1S/C26H30N2O4/c29-24(30)11-6-16-27(19-12-13-19)25-20-9-4-5-10-22(20)28(23-15-14-21(23)25)26(31)32-17-18-7-2-1-3-8-18/h1-5,7-10,19,21,23,25H,6,11-17H2,(H,29,30)/i25D. The summed E-state index contributed by atoms with van der Waals surface area (Å²) < 4.78 is 15.5. The molecule has 168 valence electrons. The van der Waals surface area contributed by atoms with Crippen LogP contribution in [0.2, 0.25) is 0 Å². The number of ether oxygens (including phenoxy) is 1. The van der Waals surface area contributed by atoms with Crippen LogP contribution in [-0.4, -0.2) is 40.7 Å². The molecule has 6 nitrogen and oxygen atoms in total. The molecule has 2 aliphatic carbocycles. The van der Waals surface area contributed by atoms with E-state index < -0.39 is 12.0 Å². The number of carboxylic acids is 1. The van der Waals surface area contributed by atoms with Gasteiger partial charge in [0.15, 0.2) is 0 Å². The van der Waals surface area contributed by atoms with Crippen molar-refractivity contribution in [3.63, 3.8) is 0 Å².